The zero-order valence-corrected chi connectivity index (χ0v) is 23.3. The lowest BCUT2D eigenvalue weighted by Gasteiger charge is -2.36. The van der Waals surface area contributed by atoms with Crippen molar-refractivity contribution in [2.24, 2.45) is 5.92 Å². The third-order valence-electron chi connectivity index (χ3n) is 6.12. The molecule has 0 saturated heterocycles. The molecule has 1 saturated carbocycles. The Balaban J connectivity index is 1.72. The minimum atomic E-state index is -0.815. The van der Waals surface area contributed by atoms with Crippen LogP contribution in [0.4, 0.5) is 14.9 Å². The van der Waals surface area contributed by atoms with Crippen LogP contribution in [0.15, 0.2) is 40.9 Å². The van der Waals surface area contributed by atoms with Crippen molar-refractivity contribution in [2.75, 3.05) is 12.4 Å². The number of amides is 3. The van der Waals surface area contributed by atoms with Gasteiger partial charge in [0.2, 0.25) is 5.91 Å². The van der Waals surface area contributed by atoms with Crippen molar-refractivity contribution in [3.63, 3.8) is 0 Å². The molecule has 0 atom stereocenters. The molecule has 3 amide bonds. The van der Waals surface area contributed by atoms with Crippen LogP contribution in [0.1, 0.15) is 62.4 Å². The number of nitrogens with zero attached hydrogens (tertiary/aromatic N) is 1. The van der Waals surface area contributed by atoms with Gasteiger partial charge in [-0.25, -0.2) is 19.6 Å². The van der Waals surface area contributed by atoms with Crippen molar-refractivity contribution in [3.05, 3.63) is 57.8 Å². The summed E-state index contributed by atoms with van der Waals surface area (Å²) >= 11 is 3.10. The second-order valence-electron chi connectivity index (χ2n) is 10.1. The monoisotopic (exact) mass is 577 g/mol. The number of rotatable bonds is 5. The first-order valence-electron chi connectivity index (χ1n) is 12.1. The molecule has 2 N–H and O–H groups in total. The Bertz CT molecular complexity index is 1160. The van der Waals surface area contributed by atoms with E-state index in [9.17, 15) is 18.8 Å². The number of aryl methyl sites for hydroxylation is 1. The molecule has 200 valence electrons. The minimum Gasteiger partial charge on any atom is -0.496 e. The van der Waals surface area contributed by atoms with E-state index in [0.717, 1.165) is 10.6 Å². The Morgan fingerprint density at radius 3 is 2.38 bits per heavy atom. The van der Waals surface area contributed by atoms with Crippen molar-refractivity contribution in [3.8, 4) is 5.75 Å². The standard InChI is InChI=1S/C27H33BrFN3O5/c1-16-9-12-18(15-22(16)36-5)30-24(33)17-10-13-19(14-11-17)32(31-26(35)37-27(2,3)4)25(34)20-7-6-8-21(28)23(20)29/h6-9,12,15,17,19H,10-11,13-14H2,1-5H3,(H,30,33)(H,31,35). The second kappa shape index (κ2) is 11.9. The van der Waals surface area contributed by atoms with Crippen molar-refractivity contribution in [1.82, 2.24) is 10.4 Å². The average Bonchev–Trinajstić information content (AvgIpc) is 2.84. The highest BCUT2D eigenvalue weighted by atomic mass is 79.9. The van der Waals surface area contributed by atoms with E-state index in [-0.39, 0.29) is 21.9 Å². The second-order valence-corrected chi connectivity index (χ2v) is 10.9. The maximum Gasteiger partial charge on any atom is 0.426 e. The maximum absolute atomic E-state index is 14.7. The third kappa shape index (κ3) is 7.44. The van der Waals surface area contributed by atoms with Gasteiger partial charge >= 0.3 is 6.09 Å². The van der Waals surface area contributed by atoms with Crippen LogP contribution in [0.5, 0.6) is 5.75 Å². The predicted octanol–water partition coefficient (Wildman–Crippen LogP) is 5.98. The van der Waals surface area contributed by atoms with Crippen LogP contribution in [0, 0.1) is 18.7 Å². The van der Waals surface area contributed by atoms with Gasteiger partial charge in [-0.15, -0.1) is 0 Å². The van der Waals surface area contributed by atoms with Gasteiger partial charge in [-0.1, -0.05) is 12.1 Å². The zero-order valence-electron chi connectivity index (χ0n) is 21.7. The van der Waals surface area contributed by atoms with Crippen LogP contribution in [0.3, 0.4) is 0 Å². The first kappa shape index (κ1) is 28.4. The Hall–Kier alpha value is -3.14. The summed E-state index contributed by atoms with van der Waals surface area (Å²) in [5.74, 6) is -1.12. The Morgan fingerprint density at radius 1 is 1.08 bits per heavy atom. The molecule has 10 heteroatoms. The van der Waals surface area contributed by atoms with Crippen molar-refractivity contribution in [1.29, 1.82) is 0 Å². The summed E-state index contributed by atoms with van der Waals surface area (Å²) in [6, 6.07) is 9.43. The van der Waals surface area contributed by atoms with Crippen molar-refractivity contribution in [2.45, 2.75) is 65.0 Å². The first-order chi connectivity index (χ1) is 17.4. The van der Waals surface area contributed by atoms with Gasteiger partial charge in [0.15, 0.2) is 0 Å². The number of halogens is 2. The lowest BCUT2D eigenvalue weighted by molar-refractivity contribution is -0.121. The lowest BCUT2D eigenvalue weighted by Crippen LogP contribution is -2.54. The lowest BCUT2D eigenvalue weighted by atomic mass is 9.85. The maximum atomic E-state index is 14.7. The molecule has 1 aliphatic carbocycles. The molecular formula is C27H33BrFN3O5. The predicted molar refractivity (Wildman–Crippen MR) is 142 cm³/mol. The first-order valence-corrected chi connectivity index (χ1v) is 12.9. The molecule has 0 bridgehead atoms. The molecule has 0 radical (unpaired) electrons. The van der Waals surface area contributed by atoms with E-state index in [2.05, 4.69) is 26.7 Å². The van der Waals surface area contributed by atoms with Gasteiger partial charge in [0, 0.05) is 17.7 Å². The molecule has 0 aromatic heterocycles. The summed E-state index contributed by atoms with van der Waals surface area (Å²) in [6.45, 7) is 7.05. The summed E-state index contributed by atoms with van der Waals surface area (Å²) in [5, 5.41) is 4.07. The number of carbonyl (C=O) groups excluding carboxylic acids is 3. The molecular weight excluding hydrogens is 545 g/mol. The van der Waals surface area contributed by atoms with E-state index in [1.165, 1.54) is 12.1 Å². The molecule has 8 nitrogen and oxygen atoms in total. The van der Waals surface area contributed by atoms with Gasteiger partial charge in [0.05, 0.1) is 23.2 Å². The fourth-order valence-electron chi connectivity index (χ4n) is 4.24. The topological polar surface area (TPSA) is 97.0 Å². The SMILES string of the molecule is COc1cc(NC(=O)C2CCC(N(NC(=O)OC(C)(C)C)C(=O)c3cccc(Br)c3F)CC2)ccc1C. The zero-order chi connectivity index (χ0) is 27.3. The molecule has 0 aliphatic heterocycles. The fraction of sp³-hybridized carbons (Fsp3) is 0.444. The minimum absolute atomic E-state index is 0.125. The molecule has 0 unspecified atom stereocenters. The van der Waals surface area contributed by atoms with Gasteiger partial charge in [-0.05, 0) is 93.1 Å². The number of hydrogen-bond donors (Lipinski definition) is 2. The number of nitrogens with one attached hydrogen (secondary N) is 2. The molecule has 37 heavy (non-hydrogen) atoms. The summed E-state index contributed by atoms with van der Waals surface area (Å²) < 4.78 is 25.5. The molecule has 2 aromatic carbocycles. The number of methoxy groups -OCH3 is 1. The van der Waals surface area contributed by atoms with E-state index in [1.807, 2.05) is 19.1 Å². The smallest absolute Gasteiger partial charge is 0.426 e. The number of anilines is 1. The Labute approximate surface area is 225 Å². The van der Waals surface area contributed by atoms with Crippen LogP contribution in [0.2, 0.25) is 0 Å². The Morgan fingerprint density at radius 2 is 1.76 bits per heavy atom. The van der Waals surface area contributed by atoms with Gasteiger partial charge in [-0.2, -0.15) is 0 Å². The molecule has 1 fully saturated rings. The molecule has 0 spiro atoms. The van der Waals surface area contributed by atoms with Gasteiger partial charge in [-0.3, -0.25) is 9.59 Å². The number of hydrogen-bond acceptors (Lipinski definition) is 5. The van der Waals surface area contributed by atoms with E-state index in [4.69, 9.17) is 9.47 Å². The quantitative estimate of drug-likeness (QED) is 0.426. The fourth-order valence-corrected chi connectivity index (χ4v) is 4.61. The van der Waals surface area contributed by atoms with Crippen LogP contribution >= 0.6 is 15.9 Å². The van der Waals surface area contributed by atoms with Crippen molar-refractivity contribution >= 4 is 39.5 Å². The van der Waals surface area contributed by atoms with E-state index >= 15 is 0 Å². The third-order valence-corrected chi connectivity index (χ3v) is 6.73. The summed E-state index contributed by atoms with van der Waals surface area (Å²) in [5.41, 5.74) is 3.16. The number of ether oxygens (including phenoxy) is 2. The highest BCUT2D eigenvalue weighted by molar-refractivity contribution is 9.10. The molecule has 0 heterocycles. The van der Waals surface area contributed by atoms with E-state index in [0.29, 0.717) is 37.1 Å². The van der Waals surface area contributed by atoms with Crippen LogP contribution < -0.4 is 15.5 Å². The normalized spacial score (nSPS) is 17.5. The van der Waals surface area contributed by atoms with Crippen LogP contribution in [-0.4, -0.2) is 41.7 Å². The summed E-state index contributed by atoms with van der Waals surface area (Å²) in [7, 11) is 1.58. The van der Waals surface area contributed by atoms with Crippen LogP contribution in [-0.2, 0) is 9.53 Å². The molecule has 1 aliphatic rings. The van der Waals surface area contributed by atoms with Crippen LogP contribution in [0.25, 0.3) is 0 Å². The molecule has 2 aromatic rings. The summed E-state index contributed by atoms with van der Waals surface area (Å²) in [6.07, 6.45) is 1.03. The number of hydrazine groups is 1. The van der Waals surface area contributed by atoms with E-state index < -0.39 is 29.5 Å². The average molecular weight is 578 g/mol. The Kier molecular flexibility index (Phi) is 9.17. The number of benzene rings is 2. The summed E-state index contributed by atoms with van der Waals surface area (Å²) in [4.78, 5) is 38.8. The highest BCUT2D eigenvalue weighted by Gasteiger charge is 2.35. The largest absolute Gasteiger partial charge is 0.496 e. The number of carbonyl (C=O) groups is 3. The highest BCUT2D eigenvalue weighted by Crippen LogP contribution is 2.31. The van der Waals surface area contributed by atoms with Gasteiger partial charge < -0.3 is 14.8 Å². The van der Waals surface area contributed by atoms with E-state index in [1.54, 1.807) is 40.0 Å². The van der Waals surface area contributed by atoms with Gasteiger partial charge in [0.25, 0.3) is 5.91 Å². The van der Waals surface area contributed by atoms with Gasteiger partial charge in [0.1, 0.15) is 17.2 Å². The molecule has 3 rings (SSSR count). The van der Waals surface area contributed by atoms with Crippen molar-refractivity contribution < 1.29 is 28.2 Å².